The predicted molar refractivity (Wildman–Crippen MR) is 67.8 cm³/mol. The first-order valence-corrected chi connectivity index (χ1v) is 6.93. The van der Waals surface area contributed by atoms with Gasteiger partial charge in [-0.25, -0.2) is 0 Å². The summed E-state index contributed by atoms with van der Waals surface area (Å²) in [7, 11) is 0. The molecule has 0 aliphatic carbocycles. The van der Waals surface area contributed by atoms with E-state index in [1.807, 2.05) is 0 Å². The summed E-state index contributed by atoms with van der Waals surface area (Å²) in [5.41, 5.74) is 1.20. The first-order valence-electron chi connectivity index (χ1n) is 4.09. The molecule has 0 N–H and O–H groups in total. The molecule has 0 saturated heterocycles. The van der Waals surface area contributed by atoms with Crippen LogP contribution in [0.3, 0.4) is 0 Å². The summed E-state index contributed by atoms with van der Waals surface area (Å²) >= 11 is 14.9. The van der Waals surface area contributed by atoms with E-state index in [0.29, 0.717) is 5.92 Å². The third kappa shape index (κ3) is 3.54. The lowest BCUT2D eigenvalue weighted by Crippen LogP contribution is -1.95. The zero-order valence-corrected chi connectivity index (χ0v) is 12.2. The molecule has 1 aromatic rings. The van der Waals surface area contributed by atoms with Crippen molar-refractivity contribution in [3.05, 3.63) is 19.2 Å². The molecule has 1 aromatic heterocycles. The van der Waals surface area contributed by atoms with E-state index in [0.717, 1.165) is 14.0 Å². The van der Waals surface area contributed by atoms with Crippen molar-refractivity contribution in [1.29, 1.82) is 0 Å². The van der Waals surface area contributed by atoms with Gasteiger partial charge in [-0.15, -0.1) is 22.9 Å². The standard InChI is InChI=1S/C9H11Br2ClS/c1-5(2)3-7(12)6-4-8(10)13-9(6)11/h4-5,7H,3H2,1-2H3. The van der Waals surface area contributed by atoms with Gasteiger partial charge in [0.05, 0.1) is 12.9 Å². The average molecular weight is 347 g/mol. The highest BCUT2D eigenvalue weighted by molar-refractivity contribution is 9.12. The Labute approximate surface area is 105 Å². The van der Waals surface area contributed by atoms with Crippen LogP contribution in [0.2, 0.25) is 0 Å². The number of thiophene rings is 1. The van der Waals surface area contributed by atoms with Gasteiger partial charge in [-0.05, 0) is 55.8 Å². The quantitative estimate of drug-likeness (QED) is 0.625. The van der Waals surface area contributed by atoms with E-state index in [4.69, 9.17) is 11.6 Å². The van der Waals surface area contributed by atoms with Crippen LogP contribution in [-0.4, -0.2) is 0 Å². The lowest BCUT2D eigenvalue weighted by molar-refractivity contribution is 0.575. The van der Waals surface area contributed by atoms with Crippen molar-refractivity contribution in [3.8, 4) is 0 Å². The third-order valence-corrected chi connectivity index (χ3v) is 4.50. The van der Waals surface area contributed by atoms with E-state index >= 15 is 0 Å². The molecule has 1 atom stereocenters. The van der Waals surface area contributed by atoms with E-state index < -0.39 is 0 Å². The molecule has 0 saturated carbocycles. The molecule has 0 fully saturated rings. The van der Waals surface area contributed by atoms with Gasteiger partial charge in [-0.3, -0.25) is 0 Å². The molecular weight excluding hydrogens is 335 g/mol. The van der Waals surface area contributed by atoms with Crippen LogP contribution in [0, 0.1) is 5.92 Å². The highest BCUT2D eigenvalue weighted by Crippen LogP contribution is 2.40. The Morgan fingerprint density at radius 3 is 2.46 bits per heavy atom. The fraction of sp³-hybridized carbons (Fsp3) is 0.556. The van der Waals surface area contributed by atoms with E-state index in [1.165, 1.54) is 5.56 Å². The Balaban J connectivity index is 2.76. The van der Waals surface area contributed by atoms with Crippen molar-refractivity contribution in [3.63, 3.8) is 0 Å². The first-order chi connectivity index (χ1) is 6.00. The average Bonchev–Trinajstić information content (AvgIpc) is 2.28. The molecule has 0 aliphatic rings. The molecular formula is C9H11Br2ClS. The second-order valence-corrected chi connectivity index (χ2v) is 7.65. The summed E-state index contributed by atoms with van der Waals surface area (Å²) in [6.07, 6.45) is 1.02. The SMILES string of the molecule is CC(C)CC(Cl)c1cc(Br)sc1Br. The van der Waals surface area contributed by atoms with Crippen molar-refractivity contribution >= 4 is 54.8 Å². The highest BCUT2D eigenvalue weighted by atomic mass is 79.9. The molecule has 0 nitrogen and oxygen atoms in total. The molecule has 0 aliphatic heterocycles. The van der Waals surface area contributed by atoms with Gasteiger partial charge < -0.3 is 0 Å². The van der Waals surface area contributed by atoms with Crippen LogP contribution in [0.15, 0.2) is 13.6 Å². The molecule has 0 aromatic carbocycles. The van der Waals surface area contributed by atoms with Gasteiger partial charge in [0.2, 0.25) is 0 Å². The Bertz CT molecular complexity index is 283. The number of hydrogen-bond acceptors (Lipinski definition) is 1. The monoisotopic (exact) mass is 344 g/mol. The van der Waals surface area contributed by atoms with Crippen molar-refractivity contribution in [2.75, 3.05) is 0 Å². The summed E-state index contributed by atoms with van der Waals surface area (Å²) in [4.78, 5) is 0. The van der Waals surface area contributed by atoms with Crippen molar-refractivity contribution in [1.82, 2.24) is 0 Å². The Hall–Kier alpha value is 0.950. The van der Waals surface area contributed by atoms with Gasteiger partial charge >= 0.3 is 0 Å². The molecule has 0 bridgehead atoms. The van der Waals surface area contributed by atoms with E-state index in [1.54, 1.807) is 11.3 Å². The lowest BCUT2D eigenvalue weighted by Gasteiger charge is -2.10. The first kappa shape index (κ1) is 12.0. The van der Waals surface area contributed by atoms with Gasteiger partial charge in [0.1, 0.15) is 0 Å². The maximum atomic E-state index is 6.28. The third-order valence-electron chi connectivity index (χ3n) is 1.70. The minimum atomic E-state index is 0.122. The Morgan fingerprint density at radius 2 is 2.08 bits per heavy atom. The Morgan fingerprint density at radius 1 is 1.46 bits per heavy atom. The summed E-state index contributed by atoms with van der Waals surface area (Å²) in [5, 5.41) is 0.122. The van der Waals surface area contributed by atoms with Crippen LogP contribution >= 0.6 is 54.8 Å². The largest absolute Gasteiger partial charge is 0.121 e. The minimum Gasteiger partial charge on any atom is -0.121 e. The van der Waals surface area contributed by atoms with Crippen LogP contribution in [0.5, 0.6) is 0 Å². The predicted octanol–water partition coefficient (Wildman–Crippen LogP) is 5.60. The summed E-state index contributed by atoms with van der Waals surface area (Å²) in [6.45, 7) is 4.37. The molecule has 1 unspecified atom stereocenters. The van der Waals surface area contributed by atoms with Gasteiger partial charge in [-0.2, -0.15) is 0 Å². The number of alkyl halides is 1. The van der Waals surface area contributed by atoms with Gasteiger partial charge in [0.15, 0.2) is 0 Å². The minimum absolute atomic E-state index is 0.122. The molecule has 0 amide bonds. The van der Waals surface area contributed by atoms with Crippen LogP contribution in [0.4, 0.5) is 0 Å². The van der Waals surface area contributed by atoms with Crippen molar-refractivity contribution < 1.29 is 0 Å². The maximum absolute atomic E-state index is 6.28. The van der Waals surface area contributed by atoms with E-state index in [-0.39, 0.29) is 5.38 Å². The zero-order valence-electron chi connectivity index (χ0n) is 7.48. The highest BCUT2D eigenvalue weighted by Gasteiger charge is 2.15. The number of halogens is 3. The normalized spacial score (nSPS) is 13.7. The fourth-order valence-electron chi connectivity index (χ4n) is 1.11. The smallest absolute Gasteiger partial charge is 0.0757 e. The fourth-order valence-corrected chi connectivity index (χ4v) is 4.81. The van der Waals surface area contributed by atoms with E-state index in [9.17, 15) is 0 Å². The number of hydrogen-bond donors (Lipinski definition) is 0. The molecule has 4 heteroatoms. The van der Waals surface area contributed by atoms with Gasteiger partial charge in [0, 0.05) is 0 Å². The molecule has 13 heavy (non-hydrogen) atoms. The topological polar surface area (TPSA) is 0 Å². The summed E-state index contributed by atoms with van der Waals surface area (Å²) in [6, 6.07) is 2.09. The van der Waals surface area contributed by atoms with Gasteiger partial charge in [-0.1, -0.05) is 13.8 Å². The van der Waals surface area contributed by atoms with Crippen LogP contribution in [0.1, 0.15) is 31.2 Å². The Kier molecular flexibility index (Phi) is 4.76. The second-order valence-electron chi connectivity index (χ2n) is 3.38. The lowest BCUT2D eigenvalue weighted by atomic mass is 10.0. The molecule has 1 heterocycles. The zero-order chi connectivity index (χ0) is 10.0. The van der Waals surface area contributed by atoms with Crippen LogP contribution < -0.4 is 0 Å². The molecule has 74 valence electrons. The van der Waals surface area contributed by atoms with Crippen LogP contribution in [-0.2, 0) is 0 Å². The second kappa shape index (κ2) is 5.15. The van der Waals surface area contributed by atoms with Crippen molar-refractivity contribution in [2.24, 2.45) is 5.92 Å². The van der Waals surface area contributed by atoms with Crippen molar-refractivity contribution in [2.45, 2.75) is 25.6 Å². The maximum Gasteiger partial charge on any atom is 0.0757 e. The number of rotatable bonds is 3. The van der Waals surface area contributed by atoms with Gasteiger partial charge in [0.25, 0.3) is 0 Å². The molecule has 0 spiro atoms. The summed E-state index contributed by atoms with van der Waals surface area (Å²) in [5.74, 6) is 0.632. The molecule has 0 radical (unpaired) electrons. The van der Waals surface area contributed by atoms with E-state index in [2.05, 4.69) is 51.8 Å². The summed E-state index contributed by atoms with van der Waals surface area (Å²) < 4.78 is 2.27. The molecule has 1 rings (SSSR count). The van der Waals surface area contributed by atoms with Crippen LogP contribution in [0.25, 0.3) is 0 Å².